The molecular formula is C26H25N5O4. The van der Waals surface area contributed by atoms with Crippen molar-refractivity contribution in [3.05, 3.63) is 65.7 Å². The Hall–Kier alpha value is -4.08. The number of nitrogens with two attached hydrogens (primary N) is 1. The highest BCUT2D eigenvalue weighted by atomic mass is 16.5. The Kier molecular flexibility index (Phi) is 6.26. The molecule has 2 aromatic heterocycles. The van der Waals surface area contributed by atoms with Crippen molar-refractivity contribution in [1.82, 2.24) is 15.0 Å². The van der Waals surface area contributed by atoms with Gasteiger partial charge in [-0.15, -0.1) is 0 Å². The maximum absolute atomic E-state index is 11.7. The second kappa shape index (κ2) is 9.65. The van der Waals surface area contributed by atoms with Gasteiger partial charge in [0.2, 0.25) is 5.91 Å². The number of ether oxygens (including phenoxy) is 2. The maximum atomic E-state index is 11.7. The lowest BCUT2D eigenvalue weighted by Gasteiger charge is -2.29. The van der Waals surface area contributed by atoms with Crippen LogP contribution in [0.2, 0.25) is 0 Å². The predicted octanol–water partition coefficient (Wildman–Crippen LogP) is 2.80. The summed E-state index contributed by atoms with van der Waals surface area (Å²) in [6, 6.07) is 16.4. The molecule has 1 fully saturated rings. The van der Waals surface area contributed by atoms with E-state index in [1.54, 1.807) is 25.3 Å². The van der Waals surface area contributed by atoms with Crippen molar-refractivity contribution in [1.29, 1.82) is 0 Å². The molecule has 3 N–H and O–H groups in total. The minimum Gasteiger partial charge on any atom is -0.496 e. The summed E-state index contributed by atoms with van der Waals surface area (Å²) < 4.78 is 10.8. The van der Waals surface area contributed by atoms with E-state index < -0.39 is 5.91 Å². The smallest absolute Gasteiger partial charge is 0.248 e. The molecule has 9 heteroatoms. The first-order valence-corrected chi connectivity index (χ1v) is 11.3. The highest BCUT2D eigenvalue weighted by molar-refractivity contribution is 5.94. The van der Waals surface area contributed by atoms with Gasteiger partial charge in [0.15, 0.2) is 11.5 Å². The molecule has 0 aliphatic carbocycles. The van der Waals surface area contributed by atoms with E-state index in [2.05, 4.69) is 4.90 Å². The van der Waals surface area contributed by atoms with E-state index in [0.29, 0.717) is 65.9 Å². The summed E-state index contributed by atoms with van der Waals surface area (Å²) in [4.78, 5) is 28.4. The van der Waals surface area contributed by atoms with Gasteiger partial charge in [0.05, 0.1) is 38.0 Å². The van der Waals surface area contributed by atoms with Crippen LogP contribution in [0.3, 0.4) is 0 Å². The number of rotatable bonds is 6. The van der Waals surface area contributed by atoms with Crippen molar-refractivity contribution >= 4 is 22.8 Å². The molecule has 35 heavy (non-hydrogen) atoms. The molecule has 0 saturated carbocycles. The average Bonchev–Trinajstić information content (AvgIpc) is 2.92. The third-order valence-corrected chi connectivity index (χ3v) is 6.00. The van der Waals surface area contributed by atoms with Crippen LogP contribution in [0.15, 0.2) is 54.6 Å². The van der Waals surface area contributed by atoms with Crippen LogP contribution >= 0.6 is 0 Å². The van der Waals surface area contributed by atoms with E-state index in [-0.39, 0.29) is 6.61 Å². The van der Waals surface area contributed by atoms with Crippen LogP contribution < -0.4 is 15.4 Å². The highest BCUT2D eigenvalue weighted by Gasteiger charge is 2.20. The van der Waals surface area contributed by atoms with Crippen LogP contribution in [0.4, 0.5) is 5.82 Å². The van der Waals surface area contributed by atoms with Gasteiger partial charge in [-0.1, -0.05) is 12.1 Å². The molecule has 0 atom stereocenters. The lowest BCUT2D eigenvalue weighted by atomic mass is 10.1. The predicted molar refractivity (Wildman–Crippen MR) is 132 cm³/mol. The fraction of sp³-hybridized carbons (Fsp3) is 0.231. The minimum absolute atomic E-state index is 0.145. The molecular weight excluding hydrogens is 446 g/mol. The van der Waals surface area contributed by atoms with Gasteiger partial charge in [-0.2, -0.15) is 0 Å². The van der Waals surface area contributed by atoms with Crippen LogP contribution in [0.25, 0.3) is 33.7 Å². The molecule has 1 saturated heterocycles. The Balaban J connectivity index is 1.67. The zero-order valence-electron chi connectivity index (χ0n) is 19.3. The number of morpholine rings is 1. The summed E-state index contributed by atoms with van der Waals surface area (Å²) in [5.74, 6) is 1.33. The zero-order chi connectivity index (χ0) is 24.4. The summed E-state index contributed by atoms with van der Waals surface area (Å²) >= 11 is 0. The van der Waals surface area contributed by atoms with Crippen LogP contribution in [-0.2, 0) is 11.3 Å². The third-order valence-electron chi connectivity index (χ3n) is 6.00. The van der Waals surface area contributed by atoms with E-state index in [0.717, 1.165) is 16.8 Å². The molecule has 1 aliphatic heterocycles. The third kappa shape index (κ3) is 4.51. The summed E-state index contributed by atoms with van der Waals surface area (Å²) in [7, 11) is 1.57. The number of carbonyl (C=O) groups is 1. The Morgan fingerprint density at radius 3 is 2.63 bits per heavy atom. The number of pyridine rings is 1. The molecule has 4 aromatic rings. The molecule has 2 aromatic carbocycles. The number of nitrogens with zero attached hydrogens (tertiary/aromatic N) is 4. The number of hydrogen-bond donors (Lipinski definition) is 2. The fourth-order valence-corrected chi connectivity index (χ4v) is 4.17. The largest absolute Gasteiger partial charge is 0.496 e. The first-order valence-electron chi connectivity index (χ1n) is 11.3. The Morgan fingerprint density at radius 2 is 1.89 bits per heavy atom. The average molecular weight is 472 g/mol. The second-order valence-corrected chi connectivity index (χ2v) is 8.17. The second-order valence-electron chi connectivity index (χ2n) is 8.17. The molecule has 3 heterocycles. The number of hydrogen-bond acceptors (Lipinski definition) is 8. The summed E-state index contributed by atoms with van der Waals surface area (Å²) in [6.45, 7) is 2.48. The van der Waals surface area contributed by atoms with Gasteiger partial charge in [-0.3, -0.25) is 4.79 Å². The number of aliphatic hydroxyl groups is 1. The van der Waals surface area contributed by atoms with Crippen molar-refractivity contribution in [2.45, 2.75) is 6.61 Å². The van der Waals surface area contributed by atoms with Crippen molar-refractivity contribution in [3.63, 3.8) is 0 Å². The van der Waals surface area contributed by atoms with Gasteiger partial charge in [0.25, 0.3) is 0 Å². The van der Waals surface area contributed by atoms with Gasteiger partial charge >= 0.3 is 0 Å². The number of primary amides is 1. The number of benzene rings is 2. The fourth-order valence-electron chi connectivity index (χ4n) is 4.17. The maximum Gasteiger partial charge on any atom is 0.248 e. The van der Waals surface area contributed by atoms with Crippen molar-refractivity contribution in [2.24, 2.45) is 5.73 Å². The molecule has 178 valence electrons. The first kappa shape index (κ1) is 22.7. The number of amides is 1. The van der Waals surface area contributed by atoms with Crippen molar-refractivity contribution in [3.8, 4) is 28.4 Å². The van der Waals surface area contributed by atoms with Crippen molar-refractivity contribution in [2.75, 3.05) is 38.3 Å². The number of anilines is 1. The molecule has 9 nitrogen and oxygen atoms in total. The van der Waals surface area contributed by atoms with E-state index in [1.165, 1.54) is 0 Å². The molecule has 0 unspecified atom stereocenters. The lowest BCUT2D eigenvalue weighted by molar-refractivity contribution is 0.100. The lowest BCUT2D eigenvalue weighted by Crippen LogP contribution is -2.37. The van der Waals surface area contributed by atoms with Crippen molar-refractivity contribution < 1.29 is 19.4 Å². The van der Waals surface area contributed by atoms with E-state index in [1.807, 2.05) is 36.4 Å². The molecule has 5 rings (SSSR count). The first-order chi connectivity index (χ1) is 17.1. The number of fused-ring (bicyclic) bond motifs is 1. The molecule has 1 amide bonds. The van der Waals surface area contributed by atoms with E-state index >= 15 is 0 Å². The molecule has 0 spiro atoms. The Bertz CT molecular complexity index is 1400. The highest BCUT2D eigenvalue weighted by Crippen LogP contribution is 2.31. The number of aromatic nitrogens is 3. The number of aliphatic hydroxyl groups excluding tert-OH is 1. The van der Waals surface area contributed by atoms with Crippen LogP contribution in [-0.4, -0.2) is 59.4 Å². The number of methoxy groups -OCH3 is 1. The molecule has 0 radical (unpaired) electrons. The number of carbonyl (C=O) groups excluding carboxylic acids is 1. The Morgan fingerprint density at radius 1 is 1.06 bits per heavy atom. The zero-order valence-corrected chi connectivity index (χ0v) is 19.3. The van der Waals surface area contributed by atoms with Gasteiger partial charge in [0.1, 0.15) is 11.6 Å². The van der Waals surface area contributed by atoms with Crippen LogP contribution in [0, 0.1) is 0 Å². The van der Waals surface area contributed by atoms with Gasteiger partial charge < -0.3 is 25.2 Å². The normalized spacial score (nSPS) is 13.7. The quantitative estimate of drug-likeness (QED) is 0.440. The van der Waals surface area contributed by atoms with Gasteiger partial charge in [-0.05, 0) is 42.5 Å². The van der Waals surface area contributed by atoms with Gasteiger partial charge in [0, 0.05) is 35.3 Å². The van der Waals surface area contributed by atoms with Crippen LogP contribution in [0.5, 0.6) is 5.75 Å². The SMILES string of the molecule is COc1ccc(-c2ccc3c(N4CCOCC4)nc(-c4cccc(C(N)=O)c4)nc3n2)cc1CO. The Labute approximate surface area is 202 Å². The molecule has 1 aliphatic rings. The standard InChI is InChI=1S/C26H25N5O4/c1-34-22-8-5-16(13-19(22)15-32)21-7-6-20-25(28-21)29-24(18-4-2-3-17(14-18)23(27)33)30-26(20)31-9-11-35-12-10-31/h2-8,13-14,32H,9-12,15H2,1H3,(H2,27,33). The minimum atomic E-state index is -0.513. The van der Waals surface area contributed by atoms with E-state index in [4.69, 9.17) is 30.2 Å². The van der Waals surface area contributed by atoms with Crippen LogP contribution in [0.1, 0.15) is 15.9 Å². The summed E-state index contributed by atoms with van der Waals surface area (Å²) in [5, 5.41) is 10.5. The monoisotopic (exact) mass is 471 g/mol. The molecule has 0 bridgehead atoms. The summed E-state index contributed by atoms with van der Waals surface area (Å²) in [5.41, 5.74) is 9.29. The summed E-state index contributed by atoms with van der Waals surface area (Å²) in [6.07, 6.45) is 0. The topological polar surface area (TPSA) is 124 Å². The van der Waals surface area contributed by atoms with E-state index in [9.17, 15) is 9.90 Å². The van der Waals surface area contributed by atoms with Gasteiger partial charge in [-0.25, -0.2) is 15.0 Å².